The van der Waals surface area contributed by atoms with Crippen LogP contribution in [0, 0.1) is 5.82 Å². The molecule has 27 heavy (non-hydrogen) atoms. The molecule has 0 saturated carbocycles. The summed E-state index contributed by atoms with van der Waals surface area (Å²) in [6, 6.07) is 7.36. The van der Waals surface area contributed by atoms with Crippen molar-refractivity contribution in [3.8, 4) is 17.0 Å². The first kappa shape index (κ1) is 21.1. The van der Waals surface area contributed by atoms with Crippen LogP contribution >= 0.6 is 12.4 Å². The number of hydrogen-bond donors (Lipinski definition) is 2. The van der Waals surface area contributed by atoms with E-state index < -0.39 is 0 Å². The molecule has 0 spiro atoms. The summed E-state index contributed by atoms with van der Waals surface area (Å²) >= 11 is 0. The highest BCUT2D eigenvalue weighted by Crippen LogP contribution is 2.29. The normalized spacial score (nSPS) is 19.2. The Morgan fingerprint density at radius 3 is 2.78 bits per heavy atom. The van der Waals surface area contributed by atoms with E-state index in [1.807, 2.05) is 18.3 Å². The number of aromatic nitrogens is 3. The molecule has 3 aromatic rings. The Kier molecular flexibility index (Phi) is 6.75. The third-order valence-corrected chi connectivity index (χ3v) is 4.84. The van der Waals surface area contributed by atoms with Crippen molar-refractivity contribution in [1.82, 2.24) is 20.3 Å². The van der Waals surface area contributed by atoms with Gasteiger partial charge in [0.25, 0.3) is 0 Å². The molecule has 0 radical (unpaired) electrons. The number of halogens is 2. The molecule has 3 heterocycles. The minimum Gasteiger partial charge on any atom is -0.494 e. The van der Waals surface area contributed by atoms with Gasteiger partial charge >= 0.3 is 0 Å². The third-order valence-electron chi connectivity index (χ3n) is 4.84. The van der Waals surface area contributed by atoms with E-state index in [4.69, 9.17) is 9.72 Å². The predicted octanol–water partition coefficient (Wildman–Crippen LogP) is 3.23. The fourth-order valence-electron chi connectivity index (χ4n) is 3.49. The number of piperidine rings is 1. The van der Waals surface area contributed by atoms with Gasteiger partial charge in [0.2, 0.25) is 0 Å². The maximum Gasteiger partial charge on any atom is 0.165 e. The lowest BCUT2D eigenvalue weighted by atomic mass is 9.92. The first-order valence-corrected chi connectivity index (χ1v) is 8.57. The zero-order chi connectivity index (χ0) is 17.4. The van der Waals surface area contributed by atoms with Gasteiger partial charge < -0.3 is 20.5 Å². The van der Waals surface area contributed by atoms with Crippen LogP contribution in [0.25, 0.3) is 22.3 Å². The van der Waals surface area contributed by atoms with E-state index >= 15 is 0 Å². The SMILES string of the molecule is COc1ccc(-c2cc3nc(C4CCNC(C)C4)ncc3[nH]2)cc1F.Cl.O. The zero-order valence-corrected chi connectivity index (χ0v) is 16.1. The number of methoxy groups -OCH3 is 1. The Morgan fingerprint density at radius 2 is 2.07 bits per heavy atom. The number of hydrogen-bond acceptors (Lipinski definition) is 4. The molecular weight excluding hydrogens is 371 g/mol. The monoisotopic (exact) mass is 394 g/mol. The lowest BCUT2D eigenvalue weighted by molar-refractivity contribution is 0.371. The molecule has 2 aromatic heterocycles. The van der Waals surface area contributed by atoms with E-state index in [9.17, 15) is 4.39 Å². The summed E-state index contributed by atoms with van der Waals surface area (Å²) in [6.07, 6.45) is 3.93. The van der Waals surface area contributed by atoms with Crippen LogP contribution in [0.15, 0.2) is 30.5 Å². The van der Waals surface area contributed by atoms with E-state index in [2.05, 4.69) is 22.2 Å². The van der Waals surface area contributed by atoms with Crippen molar-refractivity contribution in [1.29, 1.82) is 0 Å². The Hall–Kier alpha value is -2.22. The van der Waals surface area contributed by atoms with Crippen molar-refractivity contribution in [3.63, 3.8) is 0 Å². The molecule has 8 heteroatoms. The molecule has 146 valence electrons. The number of aromatic amines is 1. The Morgan fingerprint density at radius 1 is 1.26 bits per heavy atom. The standard InChI is InChI=1S/C19H21FN4O.ClH.H2O/c1-11-7-13(5-6-21-11)19-22-10-17-16(24-19)9-15(23-17)12-3-4-18(25-2)14(20)8-12;;/h3-4,8-11,13,21,23H,5-7H2,1-2H3;1H;1H2. The molecular formula is C19H24ClFN4O2. The topological polar surface area (TPSA) is 94.3 Å². The summed E-state index contributed by atoms with van der Waals surface area (Å²) in [6.45, 7) is 3.19. The fraction of sp³-hybridized carbons (Fsp3) is 0.368. The third kappa shape index (κ3) is 4.21. The molecule has 1 aromatic carbocycles. The molecule has 2 unspecified atom stereocenters. The van der Waals surface area contributed by atoms with Gasteiger partial charge in [-0.1, -0.05) is 0 Å². The largest absolute Gasteiger partial charge is 0.494 e. The molecule has 4 N–H and O–H groups in total. The summed E-state index contributed by atoms with van der Waals surface area (Å²) < 4.78 is 18.9. The predicted molar refractivity (Wildman–Crippen MR) is 106 cm³/mol. The smallest absolute Gasteiger partial charge is 0.165 e. The van der Waals surface area contributed by atoms with Gasteiger partial charge in [0.15, 0.2) is 11.6 Å². The Labute approximate surface area is 163 Å². The van der Waals surface area contributed by atoms with Gasteiger partial charge in [-0.2, -0.15) is 0 Å². The number of nitrogens with zero attached hydrogens (tertiary/aromatic N) is 2. The number of ether oxygens (including phenoxy) is 1. The van der Waals surface area contributed by atoms with Crippen LogP contribution in [0.3, 0.4) is 0 Å². The summed E-state index contributed by atoms with van der Waals surface area (Å²) in [5, 5.41) is 3.45. The van der Waals surface area contributed by atoms with Crippen molar-refractivity contribution < 1.29 is 14.6 Å². The number of benzene rings is 1. The molecule has 0 amide bonds. The Bertz CT molecular complexity index is 918. The van der Waals surface area contributed by atoms with Crippen LogP contribution in [-0.4, -0.2) is 40.1 Å². The summed E-state index contributed by atoms with van der Waals surface area (Å²) in [5.74, 6) is 1.14. The second-order valence-corrected chi connectivity index (χ2v) is 6.64. The van der Waals surface area contributed by atoms with Crippen LogP contribution in [0.4, 0.5) is 4.39 Å². The second kappa shape index (κ2) is 8.65. The van der Waals surface area contributed by atoms with Gasteiger partial charge in [-0.25, -0.2) is 14.4 Å². The first-order chi connectivity index (χ1) is 12.1. The minimum absolute atomic E-state index is 0. The molecule has 0 aliphatic carbocycles. The number of rotatable bonds is 3. The maximum absolute atomic E-state index is 14.0. The van der Waals surface area contributed by atoms with Crippen molar-refractivity contribution in [3.05, 3.63) is 42.1 Å². The lowest BCUT2D eigenvalue weighted by Gasteiger charge is -2.26. The van der Waals surface area contributed by atoms with Gasteiger partial charge in [-0.05, 0) is 50.6 Å². The molecule has 1 saturated heterocycles. The fourth-order valence-corrected chi connectivity index (χ4v) is 3.49. The van der Waals surface area contributed by atoms with Crippen molar-refractivity contribution in [2.45, 2.75) is 31.7 Å². The van der Waals surface area contributed by atoms with Gasteiger partial charge in [0.1, 0.15) is 5.82 Å². The number of H-pyrrole nitrogens is 1. The average Bonchev–Trinajstić information content (AvgIpc) is 3.05. The second-order valence-electron chi connectivity index (χ2n) is 6.64. The lowest BCUT2D eigenvalue weighted by Crippen LogP contribution is -2.35. The molecule has 6 nitrogen and oxygen atoms in total. The maximum atomic E-state index is 14.0. The van der Waals surface area contributed by atoms with Crippen LogP contribution in [0.1, 0.15) is 31.5 Å². The summed E-state index contributed by atoms with van der Waals surface area (Å²) in [4.78, 5) is 12.6. The molecule has 0 bridgehead atoms. The molecule has 1 aliphatic heterocycles. The van der Waals surface area contributed by atoms with E-state index in [-0.39, 0.29) is 29.4 Å². The van der Waals surface area contributed by atoms with E-state index in [0.29, 0.717) is 12.0 Å². The highest BCUT2D eigenvalue weighted by molar-refractivity contribution is 5.85. The van der Waals surface area contributed by atoms with E-state index in [1.165, 1.54) is 13.2 Å². The van der Waals surface area contributed by atoms with Crippen molar-refractivity contribution in [2.75, 3.05) is 13.7 Å². The summed E-state index contributed by atoms with van der Waals surface area (Å²) in [7, 11) is 1.46. The number of fused-ring (bicyclic) bond motifs is 1. The van der Waals surface area contributed by atoms with Gasteiger partial charge in [-0.3, -0.25) is 0 Å². The first-order valence-electron chi connectivity index (χ1n) is 8.57. The number of nitrogens with one attached hydrogen (secondary N) is 2. The van der Waals surface area contributed by atoms with Crippen molar-refractivity contribution >= 4 is 23.4 Å². The Balaban J connectivity index is 0.00000131. The minimum atomic E-state index is -0.380. The highest BCUT2D eigenvalue weighted by atomic mass is 35.5. The molecule has 1 aliphatic rings. The molecule has 2 atom stereocenters. The zero-order valence-electron chi connectivity index (χ0n) is 15.3. The van der Waals surface area contributed by atoms with Crippen LogP contribution in [-0.2, 0) is 0 Å². The summed E-state index contributed by atoms with van der Waals surface area (Å²) in [5.41, 5.74) is 3.30. The van der Waals surface area contributed by atoms with E-state index in [0.717, 1.165) is 47.5 Å². The van der Waals surface area contributed by atoms with Gasteiger partial charge in [0.05, 0.1) is 24.3 Å². The quantitative estimate of drug-likeness (QED) is 0.713. The van der Waals surface area contributed by atoms with Crippen LogP contribution in [0.2, 0.25) is 0 Å². The van der Waals surface area contributed by atoms with Crippen LogP contribution < -0.4 is 10.1 Å². The molecule has 1 fully saturated rings. The van der Waals surface area contributed by atoms with E-state index in [1.54, 1.807) is 6.07 Å². The van der Waals surface area contributed by atoms with Crippen molar-refractivity contribution in [2.24, 2.45) is 0 Å². The molecule has 4 rings (SSSR count). The van der Waals surface area contributed by atoms with Gasteiger partial charge in [0, 0.05) is 23.2 Å². The van der Waals surface area contributed by atoms with Crippen LogP contribution in [0.5, 0.6) is 5.75 Å². The highest BCUT2D eigenvalue weighted by Gasteiger charge is 2.22. The average molecular weight is 395 g/mol. The van der Waals surface area contributed by atoms with Gasteiger partial charge in [-0.15, -0.1) is 12.4 Å².